The molecule has 0 radical (unpaired) electrons. The molecule has 0 N–H and O–H groups in total. The number of thiophene rings is 1. The van der Waals surface area contributed by atoms with Crippen molar-refractivity contribution >= 4 is 11.3 Å². The Morgan fingerprint density at radius 1 is 1.50 bits per heavy atom. The highest BCUT2D eigenvalue weighted by molar-refractivity contribution is 7.13. The Morgan fingerprint density at radius 2 is 2.36 bits per heavy atom. The normalized spacial score (nSPS) is 10.7. The van der Waals surface area contributed by atoms with E-state index < -0.39 is 0 Å². The highest BCUT2D eigenvalue weighted by Crippen LogP contribution is 2.27. The van der Waals surface area contributed by atoms with E-state index in [1.54, 1.807) is 18.4 Å². The maximum Gasteiger partial charge on any atom is 0.258 e. The lowest BCUT2D eigenvalue weighted by atomic mass is 10.3. The molecule has 0 aliphatic carbocycles. The van der Waals surface area contributed by atoms with Gasteiger partial charge >= 0.3 is 0 Å². The van der Waals surface area contributed by atoms with Crippen molar-refractivity contribution in [1.82, 2.24) is 10.2 Å². The third-order valence-electron chi connectivity index (χ3n) is 1.79. The van der Waals surface area contributed by atoms with Gasteiger partial charge < -0.3 is 9.15 Å². The molecule has 4 nitrogen and oxygen atoms in total. The molecular formula is C9H10N2O2S. The molecule has 0 bridgehead atoms. The van der Waals surface area contributed by atoms with Gasteiger partial charge in [-0.05, 0) is 23.9 Å². The van der Waals surface area contributed by atoms with E-state index in [9.17, 15) is 0 Å². The number of hydrogen-bond acceptors (Lipinski definition) is 5. The third kappa shape index (κ3) is 1.69. The van der Waals surface area contributed by atoms with Crippen LogP contribution in [0.5, 0.6) is 0 Å². The Balaban J connectivity index is 2.29. The Morgan fingerprint density at radius 3 is 3.00 bits per heavy atom. The minimum atomic E-state index is 0.359. The van der Waals surface area contributed by atoms with Crippen LogP contribution in [0.25, 0.3) is 10.8 Å². The number of aromatic nitrogens is 2. The molecule has 2 rings (SSSR count). The first-order chi connectivity index (χ1) is 6.81. The van der Waals surface area contributed by atoms with Crippen LogP contribution in [0.15, 0.2) is 15.9 Å². The first kappa shape index (κ1) is 9.36. The highest BCUT2D eigenvalue weighted by atomic mass is 32.1. The minimum Gasteiger partial charge on any atom is -0.417 e. The summed E-state index contributed by atoms with van der Waals surface area (Å²) in [4.78, 5) is 1.03. The van der Waals surface area contributed by atoms with E-state index in [1.807, 2.05) is 18.4 Å². The molecule has 0 aromatic carbocycles. The predicted molar refractivity (Wildman–Crippen MR) is 53.1 cm³/mol. The quantitative estimate of drug-likeness (QED) is 0.779. The van der Waals surface area contributed by atoms with Gasteiger partial charge in [0, 0.05) is 7.11 Å². The van der Waals surface area contributed by atoms with Gasteiger partial charge in [-0.3, -0.25) is 0 Å². The van der Waals surface area contributed by atoms with E-state index in [-0.39, 0.29) is 0 Å². The summed E-state index contributed by atoms with van der Waals surface area (Å²) in [6.07, 6.45) is 0. The summed E-state index contributed by atoms with van der Waals surface area (Å²) < 4.78 is 10.3. The summed E-state index contributed by atoms with van der Waals surface area (Å²) in [6.45, 7) is 2.38. The van der Waals surface area contributed by atoms with Crippen molar-refractivity contribution in [1.29, 1.82) is 0 Å². The number of aryl methyl sites for hydroxylation is 1. The Hall–Kier alpha value is -1.20. The molecule has 2 aromatic rings. The number of hydrogen-bond donors (Lipinski definition) is 0. The lowest BCUT2D eigenvalue weighted by Gasteiger charge is -1.91. The number of ether oxygens (including phenoxy) is 1. The van der Waals surface area contributed by atoms with Crippen molar-refractivity contribution in [2.45, 2.75) is 13.5 Å². The molecule has 14 heavy (non-hydrogen) atoms. The molecule has 0 fully saturated rings. The van der Waals surface area contributed by atoms with Crippen molar-refractivity contribution in [3.05, 3.63) is 22.9 Å². The molecule has 0 amide bonds. The summed E-state index contributed by atoms with van der Waals surface area (Å²) >= 11 is 1.60. The van der Waals surface area contributed by atoms with Crippen LogP contribution in [-0.4, -0.2) is 17.3 Å². The van der Waals surface area contributed by atoms with Crippen LogP contribution in [0.4, 0.5) is 0 Å². The highest BCUT2D eigenvalue weighted by Gasteiger charge is 2.11. The fourth-order valence-electron chi connectivity index (χ4n) is 1.12. The van der Waals surface area contributed by atoms with Gasteiger partial charge in [-0.25, -0.2) is 0 Å². The van der Waals surface area contributed by atoms with Crippen LogP contribution < -0.4 is 0 Å². The average Bonchev–Trinajstić information content (AvgIpc) is 2.74. The zero-order valence-electron chi connectivity index (χ0n) is 7.98. The van der Waals surface area contributed by atoms with Crippen LogP contribution in [0.3, 0.4) is 0 Å². The molecule has 0 spiro atoms. The van der Waals surface area contributed by atoms with Gasteiger partial charge in [-0.2, -0.15) is 0 Å². The SMILES string of the molecule is COCc1nnc(-c2sccc2C)o1. The fourth-order valence-corrected chi connectivity index (χ4v) is 1.96. The largest absolute Gasteiger partial charge is 0.417 e. The van der Waals surface area contributed by atoms with Gasteiger partial charge in [0.1, 0.15) is 6.61 Å². The van der Waals surface area contributed by atoms with E-state index in [4.69, 9.17) is 9.15 Å². The predicted octanol–water partition coefficient (Wildman–Crippen LogP) is 2.25. The fraction of sp³-hybridized carbons (Fsp3) is 0.333. The van der Waals surface area contributed by atoms with E-state index in [0.717, 1.165) is 10.4 Å². The summed E-state index contributed by atoms with van der Waals surface area (Å²) in [7, 11) is 1.60. The van der Waals surface area contributed by atoms with Crippen LogP contribution in [0.2, 0.25) is 0 Å². The number of methoxy groups -OCH3 is 1. The monoisotopic (exact) mass is 210 g/mol. The number of nitrogens with zero attached hydrogens (tertiary/aromatic N) is 2. The first-order valence-electron chi connectivity index (χ1n) is 4.17. The van der Waals surface area contributed by atoms with E-state index in [2.05, 4.69) is 10.2 Å². The average molecular weight is 210 g/mol. The van der Waals surface area contributed by atoms with Gasteiger partial charge in [0.2, 0.25) is 5.89 Å². The molecule has 0 aliphatic heterocycles. The molecule has 2 heterocycles. The Bertz CT molecular complexity index is 422. The standard InChI is InChI=1S/C9H10N2O2S/c1-6-3-4-14-8(6)9-11-10-7(13-9)5-12-2/h3-4H,5H2,1-2H3. The topological polar surface area (TPSA) is 48.2 Å². The number of rotatable bonds is 3. The lowest BCUT2D eigenvalue weighted by Crippen LogP contribution is -1.85. The van der Waals surface area contributed by atoms with E-state index in [0.29, 0.717) is 18.4 Å². The lowest BCUT2D eigenvalue weighted by molar-refractivity contribution is 0.160. The molecule has 0 unspecified atom stereocenters. The molecule has 0 saturated heterocycles. The van der Waals surface area contributed by atoms with Gasteiger partial charge in [-0.1, -0.05) is 0 Å². The molecule has 0 saturated carbocycles. The summed E-state index contributed by atoms with van der Waals surface area (Å²) in [5.74, 6) is 1.08. The second kappa shape index (κ2) is 3.89. The first-order valence-corrected chi connectivity index (χ1v) is 5.05. The van der Waals surface area contributed by atoms with Crippen LogP contribution >= 0.6 is 11.3 Å². The second-order valence-electron chi connectivity index (χ2n) is 2.87. The summed E-state index contributed by atoms with van der Waals surface area (Å²) in [5, 5.41) is 9.82. The Kier molecular flexibility index (Phi) is 2.60. The molecule has 2 aromatic heterocycles. The van der Waals surface area contributed by atoms with Crippen LogP contribution in [0.1, 0.15) is 11.5 Å². The van der Waals surface area contributed by atoms with Crippen LogP contribution in [-0.2, 0) is 11.3 Å². The maximum atomic E-state index is 5.41. The Labute approximate surface area is 85.5 Å². The molecule has 0 aliphatic rings. The smallest absolute Gasteiger partial charge is 0.258 e. The van der Waals surface area contributed by atoms with Crippen molar-refractivity contribution in [3.63, 3.8) is 0 Å². The summed E-state index contributed by atoms with van der Waals surface area (Å²) in [5.41, 5.74) is 1.16. The summed E-state index contributed by atoms with van der Waals surface area (Å²) in [6, 6.07) is 2.03. The van der Waals surface area contributed by atoms with Gasteiger partial charge in [0.25, 0.3) is 5.89 Å². The van der Waals surface area contributed by atoms with Crippen molar-refractivity contribution in [3.8, 4) is 10.8 Å². The molecular weight excluding hydrogens is 200 g/mol. The van der Waals surface area contributed by atoms with Crippen molar-refractivity contribution in [2.75, 3.05) is 7.11 Å². The molecule has 74 valence electrons. The van der Waals surface area contributed by atoms with Gasteiger partial charge in [0.15, 0.2) is 0 Å². The second-order valence-corrected chi connectivity index (χ2v) is 3.78. The third-order valence-corrected chi connectivity index (χ3v) is 2.80. The molecule has 0 atom stereocenters. The van der Waals surface area contributed by atoms with Crippen molar-refractivity contribution in [2.24, 2.45) is 0 Å². The van der Waals surface area contributed by atoms with E-state index >= 15 is 0 Å². The molecule has 5 heteroatoms. The van der Waals surface area contributed by atoms with Gasteiger partial charge in [-0.15, -0.1) is 21.5 Å². The van der Waals surface area contributed by atoms with Crippen molar-refractivity contribution < 1.29 is 9.15 Å². The zero-order chi connectivity index (χ0) is 9.97. The maximum absolute atomic E-state index is 5.41. The minimum absolute atomic E-state index is 0.359. The van der Waals surface area contributed by atoms with Crippen LogP contribution in [0, 0.1) is 6.92 Å². The van der Waals surface area contributed by atoms with E-state index in [1.165, 1.54) is 0 Å². The van der Waals surface area contributed by atoms with Gasteiger partial charge in [0.05, 0.1) is 4.88 Å². The zero-order valence-corrected chi connectivity index (χ0v) is 8.80.